The van der Waals surface area contributed by atoms with Crippen LogP contribution < -0.4 is 0 Å². The fraction of sp³-hybridized carbons (Fsp3) is 0.625. The molecule has 0 spiro atoms. The van der Waals surface area contributed by atoms with Crippen LogP contribution in [0, 0.1) is 23.7 Å². The summed E-state index contributed by atoms with van der Waals surface area (Å²) < 4.78 is 0.307. The summed E-state index contributed by atoms with van der Waals surface area (Å²) in [6, 6.07) is 11.2. The molecule has 0 nitrogen and oxygen atoms in total. The molecule has 0 saturated heterocycles. The van der Waals surface area contributed by atoms with Crippen molar-refractivity contribution in [2.24, 2.45) is 23.7 Å². The Kier molecular flexibility index (Phi) is 2.25. The van der Waals surface area contributed by atoms with E-state index in [1.54, 1.807) is 0 Å². The molecule has 1 aromatic rings. The monoisotopic (exact) mass is 290 g/mol. The predicted molar refractivity (Wildman–Crippen MR) is 74.1 cm³/mol. The first-order valence-electron chi connectivity index (χ1n) is 7.01. The van der Waals surface area contributed by atoms with Crippen molar-refractivity contribution in [2.45, 2.75) is 36.4 Å². The fourth-order valence-corrected chi connectivity index (χ4v) is 6.05. The Labute approximate surface area is 112 Å². The number of halogens is 1. The second kappa shape index (κ2) is 3.60. The number of rotatable bonds is 1. The summed E-state index contributed by atoms with van der Waals surface area (Å²) in [5, 5.41) is 0. The minimum absolute atomic E-state index is 0.307. The van der Waals surface area contributed by atoms with Crippen molar-refractivity contribution in [3.63, 3.8) is 0 Å². The maximum atomic E-state index is 4.20. The van der Waals surface area contributed by atoms with Crippen LogP contribution in [0.3, 0.4) is 0 Å². The van der Waals surface area contributed by atoms with E-state index in [4.69, 9.17) is 0 Å². The third-order valence-corrected chi connectivity index (χ3v) is 7.30. The van der Waals surface area contributed by atoms with Gasteiger partial charge in [0, 0.05) is 0 Å². The van der Waals surface area contributed by atoms with Gasteiger partial charge in [-0.05, 0) is 61.3 Å². The summed E-state index contributed by atoms with van der Waals surface area (Å²) in [7, 11) is 0. The summed E-state index contributed by atoms with van der Waals surface area (Å²) in [6.07, 6.45) is 7.39. The molecular weight excluding hydrogens is 272 g/mol. The van der Waals surface area contributed by atoms with E-state index in [1.165, 1.54) is 37.7 Å². The van der Waals surface area contributed by atoms with Crippen LogP contribution in [0.5, 0.6) is 0 Å². The Bertz CT molecular complexity index is 394. The molecular formula is C16H19Br. The Morgan fingerprint density at radius 3 is 1.88 bits per heavy atom. The van der Waals surface area contributed by atoms with Crippen molar-refractivity contribution in [3.8, 4) is 0 Å². The van der Waals surface area contributed by atoms with E-state index >= 15 is 0 Å². The molecule has 17 heavy (non-hydrogen) atoms. The van der Waals surface area contributed by atoms with Gasteiger partial charge in [-0.1, -0.05) is 46.3 Å². The van der Waals surface area contributed by atoms with Gasteiger partial charge >= 0.3 is 0 Å². The zero-order chi connectivity index (χ0) is 11.5. The highest BCUT2D eigenvalue weighted by atomic mass is 79.9. The summed E-state index contributed by atoms with van der Waals surface area (Å²) in [5.74, 6) is 3.88. The molecule has 90 valence electrons. The van der Waals surface area contributed by atoms with Crippen molar-refractivity contribution in [1.29, 1.82) is 0 Å². The molecule has 4 aliphatic carbocycles. The van der Waals surface area contributed by atoms with E-state index in [1.807, 2.05) is 0 Å². The molecule has 1 aromatic carbocycles. The normalized spacial score (nSPS) is 47.4. The van der Waals surface area contributed by atoms with Crippen molar-refractivity contribution < 1.29 is 0 Å². The first-order valence-corrected chi connectivity index (χ1v) is 7.80. The van der Waals surface area contributed by atoms with Gasteiger partial charge in [0.05, 0.1) is 4.32 Å². The summed E-state index contributed by atoms with van der Waals surface area (Å²) in [6.45, 7) is 0. The van der Waals surface area contributed by atoms with Crippen LogP contribution in [0.15, 0.2) is 30.3 Å². The molecule has 0 aliphatic heterocycles. The van der Waals surface area contributed by atoms with Crippen LogP contribution in [0.25, 0.3) is 0 Å². The van der Waals surface area contributed by atoms with E-state index in [-0.39, 0.29) is 0 Å². The van der Waals surface area contributed by atoms with Gasteiger partial charge in [0.1, 0.15) is 0 Å². The number of benzene rings is 1. The van der Waals surface area contributed by atoms with Crippen LogP contribution >= 0.6 is 15.9 Å². The number of hydrogen-bond acceptors (Lipinski definition) is 0. The van der Waals surface area contributed by atoms with Gasteiger partial charge < -0.3 is 0 Å². The molecule has 0 amide bonds. The van der Waals surface area contributed by atoms with Crippen LogP contribution in [0.2, 0.25) is 0 Å². The smallest absolute Gasteiger partial charge is 0.0562 e. The lowest BCUT2D eigenvalue weighted by Crippen LogP contribution is -2.52. The van der Waals surface area contributed by atoms with Crippen molar-refractivity contribution in [3.05, 3.63) is 35.9 Å². The lowest BCUT2D eigenvalue weighted by atomic mass is 9.50. The molecule has 1 heteroatoms. The zero-order valence-corrected chi connectivity index (χ0v) is 11.7. The summed E-state index contributed by atoms with van der Waals surface area (Å²) >= 11 is 4.20. The summed E-state index contributed by atoms with van der Waals surface area (Å²) in [4.78, 5) is 0. The Morgan fingerprint density at radius 2 is 1.35 bits per heavy atom. The van der Waals surface area contributed by atoms with Gasteiger partial charge in [0.15, 0.2) is 0 Å². The largest absolute Gasteiger partial charge is 0.0795 e. The molecule has 4 fully saturated rings. The molecule has 4 saturated carbocycles. The highest BCUT2D eigenvalue weighted by molar-refractivity contribution is 9.09. The van der Waals surface area contributed by atoms with Gasteiger partial charge in [-0.3, -0.25) is 0 Å². The highest BCUT2D eigenvalue weighted by Gasteiger charge is 2.56. The molecule has 4 aliphatic rings. The van der Waals surface area contributed by atoms with Gasteiger partial charge in [0.25, 0.3) is 0 Å². The zero-order valence-electron chi connectivity index (χ0n) is 10.1. The molecule has 0 radical (unpaired) electrons. The Morgan fingerprint density at radius 1 is 0.824 bits per heavy atom. The molecule has 0 unspecified atom stereocenters. The molecule has 0 aromatic heterocycles. The molecule has 0 heterocycles. The van der Waals surface area contributed by atoms with Crippen molar-refractivity contribution >= 4 is 15.9 Å². The maximum absolute atomic E-state index is 4.20. The van der Waals surface area contributed by atoms with Crippen molar-refractivity contribution in [1.82, 2.24) is 0 Å². The SMILES string of the molecule is BrC1(c2ccccc2)C2CC3CC(C2)CC1C3. The molecule has 0 N–H and O–H groups in total. The minimum Gasteiger partial charge on any atom is -0.0795 e. The maximum Gasteiger partial charge on any atom is 0.0562 e. The third-order valence-electron chi connectivity index (χ3n) is 5.54. The second-order valence-corrected chi connectivity index (χ2v) is 7.75. The van der Waals surface area contributed by atoms with Gasteiger partial charge in [-0.2, -0.15) is 0 Å². The topological polar surface area (TPSA) is 0 Å². The van der Waals surface area contributed by atoms with E-state index in [0.29, 0.717) is 4.32 Å². The van der Waals surface area contributed by atoms with Gasteiger partial charge in [-0.15, -0.1) is 0 Å². The van der Waals surface area contributed by atoms with E-state index in [9.17, 15) is 0 Å². The van der Waals surface area contributed by atoms with Crippen LogP contribution in [0.1, 0.15) is 37.7 Å². The first kappa shape index (κ1) is 10.6. The lowest BCUT2D eigenvalue weighted by Gasteiger charge is -2.59. The lowest BCUT2D eigenvalue weighted by molar-refractivity contribution is -0.0155. The van der Waals surface area contributed by atoms with Gasteiger partial charge in [0.2, 0.25) is 0 Å². The van der Waals surface area contributed by atoms with Gasteiger partial charge in [-0.25, -0.2) is 0 Å². The standard InChI is InChI=1S/C16H19Br/c17-16(13-4-2-1-3-5-13)14-7-11-6-12(9-14)10-15(16)8-11/h1-5,11-12,14-15H,6-10H2. The quantitative estimate of drug-likeness (QED) is 0.656. The van der Waals surface area contributed by atoms with Crippen LogP contribution in [0.4, 0.5) is 0 Å². The number of alkyl halides is 1. The average molecular weight is 291 g/mol. The van der Waals surface area contributed by atoms with E-state index < -0.39 is 0 Å². The molecule has 4 bridgehead atoms. The predicted octanol–water partition coefficient (Wildman–Crippen LogP) is 4.73. The average Bonchev–Trinajstić information content (AvgIpc) is 2.36. The molecule has 5 rings (SSSR count). The molecule has 0 atom stereocenters. The van der Waals surface area contributed by atoms with E-state index in [2.05, 4.69) is 46.3 Å². The first-order chi connectivity index (χ1) is 8.27. The highest BCUT2D eigenvalue weighted by Crippen LogP contribution is 2.65. The Hall–Kier alpha value is -0.300. The van der Waals surface area contributed by atoms with Crippen molar-refractivity contribution in [2.75, 3.05) is 0 Å². The fourth-order valence-electron chi connectivity index (χ4n) is 5.04. The minimum atomic E-state index is 0.307. The van der Waals surface area contributed by atoms with E-state index in [0.717, 1.165) is 23.7 Å². The van der Waals surface area contributed by atoms with Crippen LogP contribution in [-0.2, 0) is 4.32 Å². The summed E-state index contributed by atoms with van der Waals surface area (Å²) in [5.41, 5.74) is 1.54. The Balaban J connectivity index is 1.78. The number of hydrogen-bond donors (Lipinski definition) is 0. The third kappa shape index (κ3) is 1.41. The second-order valence-electron chi connectivity index (χ2n) is 6.44. The van der Waals surface area contributed by atoms with Crippen LogP contribution in [-0.4, -0.2) is 0 Å².